The van der Waals surface area contributed by atoms with Crippen molar-refractivity contribution in [1.29, 1.82) is 0 Å². The molecule has 0 saturated carbocycles. The largest absolute Gasteiger partial charge is 0.460 e. The van der Waals surface area contributed by atoms with E-state index in [1.165, 1.54) is 0 Å². The zero-order valence-electron chi connectivity index (χ0n) is 13.2. The molecule has 1 nitrogen and oxygen atoms in total. The van der Waals surface area contributed by atoms with Gasteiger partial charge in [-0.3, -0.25) is 0 Å². The maximum atomic E-state index is 14.0. The molecule has 0 saturated heterocycles. The standard InChI is InChI=1S/C13H7F14N/c1-2-3-28(9-7(17)5(15)4(14)6(16)8(9)18)13(26,27)11(21,22)10(19,20)12(23,24)25/h2-3H2,1H3. The van der Waals surface area contributed by atoms with Gasteiger partial charge in [-0.15, -0.1) is 0 Å². The molecule has 0 aliphatic rings. The lowest BCUT2D eigenvalue weighted by Crippen LogP contribution is -2.67. The van der Waals surface area contributed by atoms with Crippen LogP contribution in [0.5, 0.6) is 0 Å². The summed E-state index contributed by atoms with van der Waals surface area (Å²) in [4.78, 5) is -1.72. The second-order valence-electron chi connectivity index (χ2n) is 5.26. The first-order valence-corrected chi connectivity index (χ1v) is 6.87. The Morgan fingerprint density at radius 3 is 1.29 bits per heavy atom. The molecule has 0 aromatic heterocycles. The highest BCUT2D eigenvalue weighted by Crippen LogP contribution is 2.55. The Kier molecular flexibility index (Phi) is 6.13. The maximum absolute atomic E-state index is 14.0. The zero-order chi connectivity index (χ0) is 22.5. The molecule has 0 aliphatic heterocycles. The zero-order valence-corrected chi connectivity index (χ0v) is 13.2. The van der Waals surface area contributed by atoms with E-state index in [9.17, 15) is 61.5 Å². The summed E-state index contributed by atoms with van der Waals surface area (Å²) in [5.74, 6) is -29.8. The van der Waals surface area contributed by atoms with E-state index in [0.29, 0.717) is 0 Å². The van der Waals surface area contributed by atoms with Gasteiger partial charge in [0.25, 0.3) is 0 Å². The number of nitrogens with zero attached hydrogens (tertiary/aromatic N) is 1. The number of rotatable bonds is 6. The highest BCUT2D eigenvalue weighted by molar-refractivity contribution is 5.52. The number of hydrogen-bond donors (Lipinski definition) is 0. The van der Waals surface area contributed by atoms with Crippen molar-refractivity contribution in [3.8, 4) is 0 Å². The quantitative estimate of drug-likeness (QED) is 0.225. The van der Waals surface area contributed by atoms with Gasteiger partial charge in [0.1, 0.15) is 5.69 Å². The monoisotopic (exact) mass is 443 g/mol. The van der Waals surface area contributed by atoms with Crippen molar-refractivity contribution in [2.24, 2.45) is 0 Å². The van der Waals surface area contributed by atoms with Gasteiger partial charge in [-0.1, -0.05) is 6.92 Å². The van der Waals surface area contributed by atoms with E-state index in [0.717, 1.165) is 6.92 Å². The molecule has 0 radical (unpaired) electrons. The average Bonchev–Trinajstić information content (AvgIpc) is 2.56. The molecule has 0 unspecified atom stereocenters. The summed E-state index contributed by atoms with van der Waals surface area (Å²) in [6, 6.07) is -6.74. The second kappa shape index (κ2) is 7.13. The van der Waals surface area contributed by atoms with E-state index in [2.05, 4.69) is 0 Å². The highest BCUT2D eigenvalue weighted by Gasteiger charge is 2.83. The lowest BCUT2D eigenvalue weighted by Gasteiger charge is -2.40. The molecule has 1 rings (SSSR count). The molecule has 1 aromatic carbocycles. The van der Waals surface area contributed by atoms with Crippen molar-refractivity contribution in [3.05, 3.63) is 29.1 Å². The molecule has 0 heterocycles. The minimum absolute atomic E-state index is 0.815. The van der Waals surface area contributed by atoms with Gasteiger partial charge < -0.3 is 4.90 Å². The molecule has 0 amide bonds. The number of benzene rings is 1. The van der Waals surface area contributed by atoms with Crippen molar-refractivity contribution in [2.75, 3.05) is 11.4 Å². The molecule has 0 aliphatic carbocycles. The molecule has 0 bridgehead atoms. The Balaban J connectivity index is 3.81. The smallest absolute Gasteiger partial charge is 0.303 e. The Hall–Kier alpha value is -1.96. The van der Waals surface area contributed by atoms with E-state index < -0.39 is 76.7 Å². The number of alkyl halides is 9. The van der Waals surface area contributed by atoms with Crippen LogP contribution >= 0.6 is 0 Å². The fourth-order valence-corrected chi connectivity index (χ4v) is 1.98. The van der Waals surface area contributed by atoms with Crippen LogP contribution in [0.1, 0.15) is 13.3 Å². The first kappa shape index (κ1) is 24.1. The summed E-state index contributed by atoms with van der Waals surface area (Å²) in [5.41, 5.74) is -2.79. The first-order chi connectivity index (χ1) is 12.4. The highest BCUT2D eigenvalue weighted by atomic mass is 19.4. The number of halogens is 14. The summed E-state index contributed by atoms with van der Waals surface area (Å²) in [6.45, 7) is -0.968. The van der Waals surface area contributed by atoms with E-state index >= 15 is 0 Å². The molecule has 0 spiro atoms. The van der Waals surface area contributed by atoms with Crippen LogP contribution in [0.2, 0.25) is 0 Å². The van der Waals surface area contributed by atoms with Gasteiger partial charge in [0.05, 0.1) is 0 Å². The van der Waals surface area contributed by atoms with E-state index in [1.807, 2.05) is 0 Å². The molecule has 0 atom stereocenters. The molecule has 28 heavy (non-hydrogen) atoms. The third kappa shape index (κ3) is 3.32. The Labute approximate surface area is 146 Å². The van der Waals surface area contributed by atoms with E-state index in [4.69, 9.17) is 0 Å². The van der Waals surface area contributed by atoms with Gasteiger partial charge in [0.2, 0.25) is 5.82 Å². The Morgan fingerprint density at radius 1 is 0.607 bits per heavy atom. The normalized spacial score (nSPS) is 13.8. The molecular weight excluding hydrogens is 436 g/mol. The van der Waals surface area contributed by atoms with E-state index in [-0.39, 0.29) is 0 Å². The van der Waals surface area contributed by atoms with Crippen LogP contribution in [0, 0.1) is 29.1 Å². The van der Waals surface area contributed by atoms with Gasteiger partial charge >= 0.3 is 24.1 Å². The number of hydrogen-bond acceptors (Lipinski definition) is 1. The SMILES string of the molecule is CCCN(c1c(F)c(F)c(F)c(F)c1F)C(F)(F)C(F)(F)C(F)(F)C(F)(F)F. The third-order valence-corrected chi connectivity index (χ3v) is 3.37. The minimum Gasteiger partial charge on any atom is -0.303 e. The van der Waals surface area contributed by atoms with Crippen molar-refractivity contribution >= 4 is 5.69 Å². The molecule has 0 fully saturated rings. The van der Waals surface area contributed by atoms with Gasteiger partial charge in [-0.2, -0.15) is 39.5 Å². The fraction of sp³-hybridized carbons (Fsp3) is 0.538. The van der Waals surface area contributed by atoms with Crippen LogP contribution in [0.4, 0.5) is 67.2 Å². The van der Waals surface area contributed by atoms with Crippen LogP contribution in [0.15, 0.2) is 0 Å². The Bertz CT molecular complexity index is 709. The molecule has 162 valence electrons. The van der Waals surface area contributed by atoms with Crippen LogP contribution in [0.3, 0.4) is 0 Å². The number of anilines is 1. The summed E-state index contributed by atoms with van der Waals surface area (Å²) in [6.07, 6.45) is -8.10. The topological polar surface area (TPSA) is 3.24 Å². The van der Waals surface area contributed by atoms with Crippen molar-refractivity contribution < 1.29 is 61.5 Å². The second-order valence-corrected chi connectivity index (χ2v) is 5.26. The summed E-state index contributed by atoms with van der Waals surface area (Å²) >= 11 is 0. The maximum Gasteiger partial charge on any atom is 0.460 e. The Morgan fingerprint density at radius 2 is 0.964 bits per heavy atom. The van der Waals surface area contributed by atoms with Gasteiger partial charge in [0, 0.05) is 6.54 Å². The molecule has 15 heteroatoms. The predicted octanol–water partition coefficient (Wildman–Crippen LogP) is 6.02. The summed E-state index contributed by atoms with van der Waals surface area (Å²) < 4.78 is 184. The van der Waals surface area contributed by atoms with Crippen LogP contribution in [-0.2, 0) is 0 Å². The lowest BCUT2D eigenvalue weighted by atomic mass is 10.1. The van der Waals surface area contributed by atoms with Crippen molar-refractivity contribution in [3.63, 3.8) is 0 Å². The van der Waals surface area contributed by atoms with Gasteiger partial charge in [-0.25, -0.2) is 22.0 Å². The molecule has 0 N–H and O–H groups in total. The van der Waals surface area contributed by atoms with Crippen LogP contribution < -0.4 is 4.90 Å². The first-order valence-electron chi connectivity index (χ1n) is 6.87. The van der Waals surface area contributed by atoms with Crippen LogP contribution in [0.25, 0.3) is 0 Å². The fourth-order valence-electron chi connectivity index (χ4n) is 1.98. The minimum atomic E-state index is -7.43. The predicted molar refractivity (Wildman–Crippen MR) is 64.8 cm³/mol. The molecular formula is C13H7F14N. The molecule has 1 aromatic rings. The van der Waals surface area contributed by atoms with Crippen LogP contribution in [-0.4, -0.2) is 30.6 Å². The van der Waals surface area contributed by atoms with Gasteiger partial charge in [0.15, 0.2) is 23.3 Å². The van der Waals surface area contributed by atoms with E-state index in [1.54, 1.807) is 0 Å². The summed E-state index contributed by atoms with van der Waals surface area (Å²) in [7, 11) is 0. The average molecular weight is 443 g/mol. The van der Waals surface area contributed by atoms with Crippen molar-refractivity contribution in [2.45, 2.75) is 37.4 Å². The lowest BCUT2D eigenvalue weighted by molar-refractivity contribution is -0.395. The van der Waals surface area contributed by atoms with Crippen molar-refractivity contribution in [1.82, 2.24) is 0 Å². The van der Waals surface area contributed by atoms with Gasteiger partial charge in [-0.05, 0) is 6.42 Å². The summed E-state index contributed by atoms with van der Waals surface area (Å²) in [5, 5.41) is 0. The third-order valence-electron chi connectivity index (χ3n) is 3.37.